The summed E-state index contributed by atoms with van der Waals surface area (Å²) in [4.78, 5) is 14.3. The molecule has 1 aromatic carbocycles. The number of carbonyl (C=O) groups excluding carboxylic acids is 1. The first kappa shape index (κ1) is 18.2. The highest BCUT2D eigenvalue weighted by Gasteiger charge is 2.30. The van der Waals surface area contributed by atoms with Crippen LogP contribution in [0.5, 0.6) is 5.75 Å². The van der Waals surface area contributed by atoms with Crippen LogP contribution in [-0.4, -0.2) is 69.1 Å². The van der Waals surface area contributed by atoms with Gasteiger partial charge in [0.05, 0.1) is 18.9 Å². The second-order valence-electron chi connectivity index (χ2n) is 6.44. The third-order valence-electron chi connectivity index (χ3n) is 4.80. The Morgan fingerprint density at radius 1 is 1.36 bits per heavy atom. The van der Waals surface area contributed by atoms with E-state index in [2.05, 4.69) is 5.32 Å². The summed E-state index contributed by atoms with van der Waals surface area (Å²) < 4.78 is 30.4. The van der Waals surface area contributed by atoms with Crippen LogP contribution in [0.1, 0.15) is 24.4 Å². The van der Waals surface area contributed by atoms with Crippen LogP contribution in [-0.2, 0) is 14.8 Å². The van der Waals surface area contributed by atoms with E-state index in [1.165, 1.54) is 4.31 Å². The van der Waals surface area contributed by atoms with Crippen LogP contribution in [0.15, 0.2) is 24.3 Å². The highest BCUT2D eigenvalue weighted by atomic mass is 32.2. The van der Waals surface area contributed by atoms with E-state index in [9.17, 15) is 13.2 Å². The molecule has 2 aliphatic heterocycles. The molecule has 3 rings (SSSR count). The van der Waals surface area contributed by atoms with Gasteiger partial charge in [0.2, 0.25) is 15.9 Å². The molecule has 7 nitrogen and oxygen atoms in total. The van der Waals surface area contributed by atoms with Gasteiger partial charge in [0.1, 0.15) is 5.75 Å². The lowest BCUT2D eigenvalue weighted by Crippen LogP contribution is -2.48. The third-order valence-corrected chi connectivity index (χ3v) is 6.76. The van der Waals surface area contributed by atoms with Crippen molar-refractivity contribution in [1.82, 2.24) is 14.5 Å². The molecule has 25 heavy (non-hydrogen) atoms. The van der Waals surface area contributed by atoms with Crippen molar-refractivity contribution in [2.24, 2.45) is 0 Å². The number of ether oxygens (including phenoxy) is 1. The number of hydrogen-bond acceptors (Lipinski definition) is 5. The molecule has 8 heteroatoms. The van der Waals surface area contributed by atoms with Crippen molar-refractivity contribution in [3.63, 3.8) is 0 Å². The van der Waals surface area contributed by atoms with E-state index in [0.717, 1.165) is 17.9 Å². The van der Waals surface area contributed by atoms with E-state index in [1.807, 2.05) is 29.2 Å². The summed E-state index contributed by atoms with van der Waals surface area (Å²) in [5, 5.41) is 3.43. The van der Waals surface area contributed by atoms with E-state index in [1.54, 1.807) is 7.11 Å². The Bertz CT molecular complexity index is 722. The van der Waals surface area contributed by atoms with Gasteiger partial charge in [-0.2, -0.15) is 0 Å². The average molecular weight is 367 g/mol. The second kappa shape index (κ2) is 7.72. The van der Waals surface area contributed by atoms with Crippen molar-refractivity contribution in [2.45, 2.75) is 18.9 Å². The van der Waals surface area contributed by atoms with Crippen LogP contribution in [0, 0.1) is 0 Å². The summed E-state index contributed by atoms with van der Waals surface area (Å²) in [5.41, 5.74) is 1.08. The van der Waals surface area contributed by atoms with E-state index in [4.69, 9.17) is 4.74 Å². The number of methoxy groups -OCH3 is 1. The number of sulfonamides is 1. The second-order valence-corrected chi connectivity index (χ2v) is 8.53. The van der Waals surface area contributed by atoms with Crippen LogP contribution in [0.3, 0.4) is 0 Å². The third kappa shape index (κ3) is 4.31. The molecule has 0 spiro atoms. The van der Waals surface area contributed by atoms with Gasteiger partial charge in [-0.1, -0.05) is 12.1 Å². The fourth-order valence-electron chi connectivity index (χ4n) is 3.38. The number of hydrogen-bond donors (Lipinski definition) is 1. The molecule has 1 amide bonds. The molecule has 2 fully saturated rings. The Balaban J connectivity index is 1.58. The SMILES string of the molecule is COc1cccc(C2CN(C(=O)CCN3CCCS3(=O)=O)CCN2)c1. The maximum absolute atomic E-state index is 12.5. The van der Waals surface area contributed by atoms with Crippen molar-refractivity contribution in [1.29, 1.82) is 0 Å². The minimum Gasteiger partial charge on any atom is -0.497 e. The van der Waals surface area contributed by atoms with Crippen LogP contribution in [0.2, 0.25) is 0 Å². The van der Waals surface area contributed by atoms with Crippen molar-refractivity contribution < 1.29 is 17.9 Å². The zero-order valence-electron chi connectivity index (χ0n) is 14.5. The van der Waals surface area contributed by atoms with E-state index in [-0.39, 0.29) is 30.7 Å². The average Bonchev–Trinajstić information content (AvgIpc) is 2.98. The van der Waals surface area contributed by atoms with Crippen molar-refractivity contribution in [2.75, 3.05) is 45.6 Å². The fraction of sp³-hybridized carbons (Fsp3) is 0.588. The molecular weight excluding hydrogens is 342 g/mol. The molecule has 1 unspecified atom stereocenters. The molecule has 0 bridgehead atoms. The Kier molecular flexibility index (Phi) is 5.61. The minimum atomic E-state index is -3.14. The monoisotopic (exact) mass is 367 g/mol. The van der Waals surface area contributed by atoms with Crippen LogP contribution in [0.25, 0.3) is 0 Å². The first-order valence-electron chi connectivity index (χ1n) is 8.62. The minimum absolute atomic E-state index is 0.0106. The van der Waals surface area contributed by atoms with Gasteiger partial charge < -0.3 is 15.0 Å². The van der Waals surface area contributed by atoms with Gasteiger partial charge in [-0.15, -0.1) is 0 Å². The molecule has 2 heterocycles. The number of amides is 1. The summed E-state index contributed by atoms with van der Waals surface area (Å²) in [5.74, 6) is 1.01. The summed E-state index contributed by atoms with van der Waals surface area (Å²) in [6.07, 6.45) is 0.895. The van der Waals surface area contributed by atoms with Crippen LogP contribution in [0.4, 0.5) is 0 Å². The van der Waals surface area contributed by atoms with Gasteiger partial charge in [0.25, 0.3) is 0 Å². The van der Waals surface area contributed by atoms with Crippen molar-refractivity contribution in [3.8, 4) is 5.75 Å². The molecule has 0 aromatic heterocycles. The lowest BCUT2D eigenvalue weighted by molar-refractivity contribution is -0.132. The van der Waals surface area contributed by atoms with Crippen molar-refractivity contribution in [3.05, 3.63) is 29.8 Å². The Morgan fingerprint density at radius 2 is 2.20 bits per heavy atom. The van der Waals surface area contributed by atoms with Crippen LogP contribution >= 0.6 is 0 Å². The van der Waals surface area contributed by atoms with Crippen LogP contribution < -0.4 is 10.1 Å². The smallest absolute Gasteiger partial charge is 0.224 e. The van der Waals surface area contributed by atoms with Crippen molar-refractivity contribution >= 4 is 15.9 Å². The largest absolute Gasteiger partial charge is 0.497 e. The highest BCUT2D eigenvalue weighted by molar-refractivity contribution is 7.89. The zero-order valence-corrected chi connectivity index (χ0v) is 15.3. The number of rotatable bonds is 5. The molecule has 2 saturated heterocycles. The lowest BCUT2D eigenvalue weighted by atomic mass is 10.0. The highest BCUT2D eigenvalue weighted by Crippen LogP contribution is 2.22. The first-order chi connectivity index (χ1) is 12.0. The zero-order chi connectivity index (χ0) is 17.9. The molecule has 138 valence electrons. The fourth-order valence-corrected chi connectivity index (χ4v) is 4.91. The number of nitrogens with one attached hydrogen (secondary N) is 1. The summed E-state index contributed by atoms with van der Waals surface area (Å²) in [7, 11) is -1.50. The molecule has 2 aliphatic rings. The molecule has 1 N–H and O–H groups in total. The summed E-state index contributed by atoms with van der Waals surface area (Å²) in [6.45, 7) is 2.76. The number of benzene rings is 1. The molecule has 1 atom stereocenters. The molecule has 0 aliphatic carbocycles. The van der Waals surface area contributed by atoms with Gasteiger partial charge >= 0.3 is 0 Å². The normalized spacial score (nSPS) is 23.6. The molecular formula is C17H25N3O4S. The molecule has 1 aromatic rings. The number of carbonyl (C=O) groups is 1. The lowest BCUT2D eigenvalue weighted by Gasteiger charge is -2.34. The van der Waals surface area contributed by atoms with E-state index in [0.29, 0.717) is 26.1 Å². The van der Waals surface area contributed by atoms with Gasteiger partial charge in [0, 0.05) is 39.1 Å². The van der Waals surface area contributed by atoms with E-state index >= 15 is 0 Å². The van der Waals surface area contributed by atoms with E-state index < -0.39 is 10.0 Å². The topological polar surface area (TPSA) is 79.0 Å². The quantitative estimate of drug-likeness (QED) is 0.824. The maximum atomic E-state index is 12.5. The Morgan fingerprint density at radius 3 is 2.92 bits per heavy atom. The van der Waals surface area contributed by atoms with Gasteiger partial charge in [-0.3, -0.25) is 4.79 Å². The predicted molar refractivity (Wildman–Crippen MR) is 94.9 cm³/mol. The predicted octanol–water partition coefficient (Wildman–Crippen LogP) is 0.594. The first-order valence-corrected chi connectivity index (χ1v) is 10.2. The molecule has 0 radical (unpaired) electrons. The Hall–Kier alpha value is -1.64. The van der Waals surface area contributed by atoms with Gasteiger partial charge in [-0.05, 0) is 24.1 Å². The standard InChI is InChI=1S/C17H25N3O4S/c1-24-15-5-2-4-14(12-15)16-13-19(10-7-18-16)17(21)6-9-20-8-3-11-25(20,22)23/h2,4-5,12,16,18H,3,6-11,13H2,1H3. The Labute approximate surface area is 149 Å². The van der Waals surface area contributed by atoms with Gasteiger partial charge in [0.15, 0.2) is 0 Å². The number of piperazine rings is 1. The maximum Gasteiger partial charge on any atom is 0.224 e. The molecule has 0 saturated carbocycles. The summed E-state index contributed by atoms with van der Waals surface area (Å²) >= 11 is 0. The number of nitrogens with zero attached hydrogens (tertiary/aromatic N) is 2. The summed E-state index contributed by atoms with van der Waals surface area (Å²) in [6, 6.07) is 7.89. The van der Waals surface area contributed by atoms with Gasteiger partial charge in [-0.25, -0.2) is 12.7 Å².